The standard InChI is InChI=1S/C9H10F3N3O2S/c10-9(11,12)7-13-8(18-14-7)15-3-1-5(2-4-15)6(16)17/h5H,1-4H2,(H,16,17). The molecule has 1 aliphatic rings. The fourth-order valence-electron chi connectivity index (χ4n) is 1.78. The van der Waals surface area contributed by atoms with Crippen molar-refractivity contribution in [3.63, 3.8) is 0 Å². The second kappa shape index (κ2) is 4.71. The van der Waals surface area contributed by atoms with E-state index in [2.05, 4.69) is 9.36 Å². The first-order valence-electron chi connectivity index (χ1n) is 5.26. The topological polar surface area (TPSA) is 66.3 Å². The molecule has 0 amide bonds. The summed E-state index contributed by atoms with van der Waals surface area (Å²) in [5.74, 6) is -2.41. The molecular formula is C9H10F3N3O2S. The molecule has 2 rings (SSSR count). The zero-order valence-corrected chi connectivity index (χ0v) is 9.96. The fraction of sp³-hybridized carbons (Fsp3) is 0.667. The number of rotatable bonds is 2. The zero-order valence-electron chi connectivity index (χ0n) is 9.15. The first kappa shape index (κ1) is 13.1. The Kier molecular flexibility index (Phi) is 3.42. The summed E-state index contributed by atoms with van der Waals surface area (Å²) >= 11 is 0.690. The molecule has 18 heavy (non-hydrogen) atoms. The van der Waals surface area contributed by atoms with Gasteiger partial charge in [0.1, 0.15) is 0 Å². The van der Waals surface area contributed by atoms with Gasteiger partial charge >= 0.3 is 12.1 Å². The monoisotopic (exact) mass is 281 g/mol. The van der Waals surface area contributed by atoms with Crippen molar-refractivity contribution >= 4 is 22.6 Å². The van der Waals surface area contributed by atoms with E-state index in [1.807, 2.05) is 0 Å². The van der Waals surface area contributed by atoms with Gasteiger partial charge in [-0.05, 0) is 12.8 Å². The molecule has 9 heteroatoms. The van der Waals surface area contributed by atoms with Gasteiger partial charge in [0, 0.05) is 24.6 Å². The molecule has 0 saturated carbocycles. The Morgan fingerprint density at radius 3 is 2.44 bits per heavy atom. The Hall–Kier alpha value is -1.38. The minimum Gasteiger partial charge on any atom is -0.481 e. The molecule has 1 aliphatic heterocycles. The van der Waals surface area contributed by atoms with Crippen LogP contribution in [0.2, 0.25) is 0 Å². The molecule has 0 bridgehead atoms. The van der Waals surface area contributed by atoms with E-state index >= 15 is 0 Å². The van der Waals surface area contributed by atoms with Crippen LogP contribution in [0.15, 0.2) is 0 Å². The van der Waals surface area contributed by atoms with Crippen LogP contribution in [-0.4, -0.2) is 33.5 Å². The van der Waals surface area contributed by atoms with Crippen LogP contribution in [0.1, 0.15) is 18.7 Å². The molecule has 1 fully saturated rings. The average Bonchev–Trinajstić information content (AvgIpc) is 2.78. The lowest BCUT2D eigenvalue weighted by molar-refractivity contribution is -0.144. The van der Waals surface area contributed by atoms with Crippen molar-refractivity contribution in [2.45, 2.75) is 19.0 Å². The minimum atomic E-state index is -4.53. The number of hydrogen-bond acceptors (Lipinski definition) is 5. The molecule has 0 aromatic carbocycles. The van der Waals surface area contributed by atoms with E-state index in [4.69, 9.17) is 5.11 Å². The van der Waals surface area contributed by atoms with Gasteiger partial charge in [0.15, 0.2) is 0 Å². The Balaban J connectivity index is 2.02. The molecule has 1 N–H and O–H groups in total. The second-order valence-electron chi connectivity index (χ2n) is 4.00. The van der Waals surface area contributed by atoms with E-state index in [1.165, 1.54) is 0 Å². The molecule has 1 aromatic heterocycles. The van der Waals surface area contributed by atoms with Crippen LogP contribution >= 0.6 is 11.5 Å². The van der Waals surface area contributed by atoms with Gasteiger partial charge in [-0.25, -0.2) is 0 Å². The summed E-state index contributed by atoms with van der Waals surface area (Å²) < 4.78 is 40.2. The Labute approximate surface area is 104 Å². The Morgan fingerprint density at radius 2 is 2.00 bits per heavy atom. The number of halogens is 3. The lowest BCUT2D eigenvalue weighted by atomic mass is 9.98. The number of piperidine rings is 1. The van der Waals surface area contributed by atoms with E-state index in [-0.39, 0.29) is 5.13 Å². The van der Waals surface area contributed by atoms with Gasteiger partial charge in [0.25, 0.3) is 0 Å². The van der Waals surface area contributed by atoms with Gasteiger partial charge in [-0.2, -0.15) is 22.5 Å². The molecule has 0 spiro atoms. The summed E-state index contributed by atoms with van der Waals surface area (Å²) in [7, 11) is 0. The van der Waals surface area contributed by atoms with Crippen LogP contribution in [0.3, 0.4) is 0 Å². The number of carboxylic acid groups (broad SMARTS) is 1. The molecule has 0 aliphatic carbocycles. The molecule has 2 heterocycles. The van der Waals surface area contributed by atoms with E-state index in [1.54, 1.807) is 4.90 Å². The van der Waals surface area contributed by atoms with Crippen LogP contribution in [0.25, 0.3) is 0 Å². The quantitative estimate of drug-likeness (QED) is 0.896. The van der Waals surface area contributed by atoms with Crippen LogP contribution in [-0.2, 0) is 11.0 Å². The van der Waals surface area contributed by atoms with E-state index in [0.717, 1.165) is 0 Å². The molecular weight excluding hydrogens is 271 g/mol. The molecule has 0 atom stereocenters. The average molecular weight is 281 g/mol. The Bertz CT molecular complexity index is 441. The predicted molar refractivity (Wildman–Crippen MR) is 57.5 cm³/mol. The number of nitrogens with zero attached hydrogens (tertiary/aromatic N) is 3. The van der Waals surface area contributed by atoms with Crippen molar-refractivity contribution in [3.05, 3.63) is 5.82 Å². The van der Waals surface area contributed by atoms with Gasteiger partial charge < -0.3 is 10.0 Å². The largest absolute Gasteiger partial charge is 0.481 e. The van der Waals surface area contributed by atoms with Crippen LogP contribution in [0.5, 0.6) is 0 Å². The molecule has 100 valence electrons. The highest BCUT2D eigenvalue weighted by molar-refractivity contribution is 7.09. The highest BCUT2D eigenvalue weighted by Gasteiger charge is 2.37. The number of carbonyl (C=O) groups is 1. The van der Waals surface area contributed by atoms with Crippen LogP contribution < -0.4 is 4.90 Å². The third-order valence-electron chi connectivity index (χ3n) is 2.78. The number of hydrogen-bond donors (Lipinski definition) is 1. The number of aromatic nitrogens is 2. The van der Waals surface area contributed by atoms with Crippen molar-refractivity contribution in [1.29, 1.82) is 0 Å². The van der Waals surface area contributed by atoms with Crippen molar-refractivity contribution in [1.82, 2.24) is 9.36 Å². The molecule has 0 radical (unpaired) electrons. The minimum absolute atomic E-state index is 0.200. The second-order valence-corrected chi connectivity index (χ2v) is 4.73. The molecule has 5 nitrogen and oxygen atoms in total. The fourth-order valence-corrected chi connectivity index (χ4v) is 2.51. The summed E-state index contributed by atoms with van der Waals surface area (Å²) in [6.07, 6.45) is -3.71. The number of alkyl halides is 3. The summed E-state index contributed by atoms with van der Waals surface area (Å²) in [6.45, 7) is 0.785. The Morgan fingerprint density at radius 1 is 1.39 bits per heavy atom. The lowest BCUT2D eigenvalue weighted by Crippen LogP contribution is -2.36. The van der Waals surface area contributed by atoms with Crippen molar-refractivity contribution in [2.24, 2.45) is 5.92 Å². The molecule has 0 unspecified atom stereocenters. The highest BCUT2D eigenvalue weighted by Crippen LogP contribution is 2.31. The maximum Gasteiger partial charge on any atom is 0.452 e. The lowest BCUT2D eigenvalue weighted by Gasteiger charge is -2.29. The smallest absolute Gasteiger partial charge is 0.452 e. The molecule has 1 aromatic rings. The van der Waals surface area contributed by atoms with Gasteiger partial charge in [-0.3, -0.25) is 4.79 Å². The van der Waals surface area contributed by atoms with Gasteiger partial charge in [0.05, 0.1) is 5.92 Å². The summed E-state index contributed by atoms with van der Waals surface area (Å²) in [4.78, 5) is 15.8. The normalized spacial score (nSPS) is 18.1. The van der Waals surface area contributed by atoms with Gasteiger partial charge in [-0.1, -0.05) is 0 Å². The molecule has 1 saturated heterocycles. The van der Waals surface area contributed by atoms with Gasteiger partial charge in [0.2, 0.25) is 11.0 Å². The summed E-state index contributed by atoms with van der Waals surface area (Å²) in [5, 5.41) is 9.01. The maximum atomic E-state index is 12.3. The van der Waals surface area contributed by atoms with Gasteiger partial charge in [-0.15, -0.1) is 0 Å². The van der Waals surface area contributed by atoms with Crippen molar-refractivity contribution in [2.75, 3.05) is 18.0 Å². The van der Waals surface area contributed by atoms with Crippen molar-refractivity contribution in [3.8, 4) is 0 Å². The third kappa shape index (κ3) is 2.71. The predicted octanol–water partition coefficient (Wildman–Crippen LogP) is 1.86. The van der Waals surface area contributed by atoms with E-state index in [0.29, 0.717) is 37.5 Å². The number of carboxylic acids is 1. The van der Waals surface area contributed by atoms with Crippen LogP contribution in [0.4, 0.5) is 18.3 Å². The first-order chi connectivity index (χ1) is 8.38. The zero-order chi connectivity index (χ0) is 13.3. The van der Waals surface area contributed by atoms with Crippen molar-refractivity contribution < 1.29 is 23.1 Å². The number of aliphatic carboxylic acids is 1. The van der Waals surface area contributed by atoms with E-state index < -0.39 is 23.9 Å². The van der Waals surface area contributed by atoms with E-state index in [9.17, 15) is 18.0 Å². The maximum absolute atomic E-state index is 12.3. The highest BCUT2D eigenvalue weighted by atomic mass is 32.1. The summed E-state index contributed by atoms with van der Waals surface area (Å²) in [5.41, 5.74) is 0. The first-order valence-corrected chi connectivity index (χ1v) is 6.04. The third-order valence-corrected chi connectivity index (χ3v) is 3.56. The summed E-state index contributed by atoms with van der Waals surface area (Å²) in [6, 6.07) is 0. The number of anilines is 1. The SMILES string of the molecule is O=C(O)C1CCN(c2nc(C(F)(F)F)ns2)CC1. The van der Waals surface area contributed by atoms with Crippen LogP contribution in [0, 0.1) is 5.92 Å².